The third kappa shape index (κ3) is 4.22. The number of nitrogens with two attached hydrogens (primary N) is 1. The Morgan fingerprint density at radius 3 is 2.80 bits per heavy atom. The Kier molecular flexibility index (Phi) is 5.12. The number of aryl methyl sites for hydroxylation is 1. The van der Waals surface area contributed by atoms with Crippen LogP contribution in [0.25, 0.3) is 0 Å². The van der Waals surface area contributed by atoms with E-state index in [0.717, 1.165) is 24.0 Å². The van der Waals surface area contributed by atoms with Gasteiger partial charge in [-0.1, -0.05) is 22.9 Å². The molecule has 1 rings (SSSR count). The molecule has 0 amide bonds. The first-order valence-corrected chi connectivity index (χ1v) is 6.13. The molecule has 0 spiro atoms. The lowest BCUT2D eigenvalue weighted by atomic mass is 10.1. The molecule has 1 aromatic carbocycles. The van der Waals surface area contributed by atoms with Crippen molar-refractivity contribution in [2.75, 3.05) is 18.4 Å². The summed E-state index contributed by atoms with van der Waals surface area (Å²) in [6, 6.07) is 6.28. The van der Waals surface area contributed by atoms with Gasteiger partial charge in [0.2, 0.25) is 0 Å². The topological polar surface area (TPSA) is 38.0 Å². The predicted molar refractivity (Wildman–Crippen MR) is 70.2 cm³/mol. The Hall–Kier alpha value is -0.540. The molecule has 0 aliphatic heterocycles. The lowest BCUT2D eigenvalue weighted by molar-refractivity contribution is 0.561. The SMILES string of the molecule is Cc1cc(Br)ccc1NCCC(C)CN. The van der Waals surface area contributed by atoms with Crippen LogP contribution in [-0.2, 0) is 0 Å². The number of hydrogen-bond acceptors (Lipinski definition) is 2. The molecule has 0 fully saturated rings. The largest absolute Gasteiger partial charge is 0.385 e. The van der Waals surface area contributed by atoms with Gasteiger partial charge in [0.15, 0.2) is 0 Å². The fourth-order valence-corrected chi connectivity index (χ4v) is 1.87. The van der Waals surface area contributed by atoms with E-state index in [-0.39, 0.29) is 0 Å². The maximum Gasteiger partial charge on any atom is 0.0370 e. The average molecular weight is 271 g/mol. The summed E-state index contributed by atoms with van der Waals surface area (Å²) in [7, 11) is 0. The Labute approximate surface area is 100 Å². The van der Waals surface area contributed by atoms with Gasteiger partial charge in [0.05, 0.1) is 0 Å². The zero-order valence-electron chi connectivity index (χ0n) is 9.39. The van der Waals surface area contributed by atoms with Gasteiger partial charge in [-0.25, -0.2) is 0 Å². The van der Waals surface area contributed by atoms with Gasteiger partial charge in [-0.3, -0.25) is 0 Å². The normalized spacial score (nSPS) is 12.5. The molecule has 3 heteroatoms. The number of rotatable bonds is 5. The summed E-state index contributed by atoms with van der Waals surface area (Å²) in [5.41, 5.74) is 8.05. The van der Waals surface area contributed by atoms with Gasteiger partial charge >= 0.3 is 0 Å². The molecule has 0 saturated carbocycles. The summed E-state index contributed by atoms with van der Waals surface area (Å²) < 4.78 is 1.13. The minimum atomic E-state index is 0.591. The highest BCUT2D eigenvalue weighted by atomic mass is 79.9. The van der Waals surface area contributed by atoms with E-state index in [0.29, 0.717) is 5.92 Å². The predicted octanol–water partition coefficient (Wildman–Crippen LogP) is 3.15. The standard InChI is InChI=1S/C12H19BrN2/c1-9(8-14)5-6-15-12-4-3-11(13)7-10(12)2/h3-4,7,9,15H,5-6,8,14H2,1-2H3. The second-order valence-electron chi connectivity index (χ2n) is 4.02. The smallest absolute Gasteiger partial charge is 0.0370 e. The molecular formula is C12H19BrN2. The summed E-state index contributed by atoms with van der Waals surface area (Å²) in [6.45, 7) is 6.04. The van der Waals surface area contributed by atoms with Gasteiger partial charge in [0.1, 0.15) is 0 Å². The molecule has 0 aliphatic rings. The van der Waals surface area contributed by atoms with Crippen molar-refractivity contribution < 1.29 is 0 Å². The minimum absolute atomic E-state index is 0.591. The third-order valence-corrected chi connectivity index (χ3v) is 3.04. The van der Waals surface area contributed by atoms with Gasteiger partial charge in [-0.2, -0.15) is 0 Å². The first-order valence-electron chi connectivity index (χ1n) is 5.33. The van der Waals surface area contributed by atoms with Gasteiger partial charge in [-0.05, 0) is 49.6 Å². The maximum absolute atomic E-state index is 5.57. The molecule has 0 bridgehead atoms. The molecule has 0 aliphatic carbocycles. The summed E-state index contributed by atoms with van der Waals surface area (Å²) in [5.74, 6) is 0.591. The summed E-state index contributed by atoms with van der Waals surface area (Å²) in [4.78, 5) is 0. The average Bonchev–Trinajstić information content (AvgIpc) is 2.21. The number of halogens is 1. The number of anilines is 1. The van der Waals surface area contributed by atoms with Crippen molar-refractivity contribution in [1.29, 1.82) is 0 Å². The summed E-state index contributed by atoms with van der Waals surface area (Å²) in [6.07, 6.45) is 1.12. The molecule has 0 saturated heterocycles. The highest BCUT2D eigenvalue weighted by Gasteiger charge is 2.00. The van der Waals surface area contributed by atoms with Crippen molar-refractivity contribution in [2.45, 2.75) is 20.3 Å². The van der Waals surface area contributed by atoms with Crippen LogP contribution < -0.4 is 11.1 Å². The monoisotopic (exact) mass is 270 g/mol. The van der Waals surface area contributed by atoms with Crippen LogP contribution >= 0.6 is 15.9 Å². The van der Waals surface area contributed by atoms with E-state index in [2.05, 4.69) is 53.3 Å². The Bertz CT molecular complexity index is 312. The van der Waals surface area contributed by atoms with Crippen molar-refractivity contribution in [3.05, 3.63) is 28.2 Å². The van der Waals surface area contributed by atoms with Crippen LogP contribution in [0.5, 0.6) is 0 Å². The maximum atomic E-state index is 5.57. The van der Waals surface area contributed by atoms with E-state index in [1.165, 1.54) is 11.3 Å². The van der Waals surface area contributed by atoms with Crippen molar-refractivity contribution in [2.24, 2.45) is 11.7 Å². The Morgan fingerprint density at radius 2 is 2.20 bits per heavy atom. The van der Waals surface area contributed by atoms with Crippen LogP contribution in [0.15, 0.2) is 22.7 Å². The lowest BCUT2D eigenvalue weighted by Gasteiger charge is -2.12. The number of nitrogens with one attached hydrogen (secondary N) is 1. The van der Waals surface area contributed by atoms with Crippen LogP contribution in [-0.4, -0.2) is 13.1 Å². The van der Waals surface area contributed by atoms with Crippen molar-refractivity contribution >= 4 is 21.6 Å². The van der Waals surface area contributed by atoms with Crippen LogP contribution in [0.3, 0.4) is 0 Å². The van der Waals surface area contributed by atoms with Gasteiger partial charge in [-0.15, -0.1) is 0 Å². The summed E-state index contributed by atoms with van der Waals surface area (Å²) >= 11 is 3.45. The lowest BCUT2D eigenvalue weighted by Crippen LogP contribution is -2.15. The second-order valence-corrected chi connectivity index (χ2v) is 4.93. The first-order chi connectivity index (χ1) is 7.13. The fourth-order valence-electron chi connectivity index (χ4n) is 1.40. The molecule has 3 N–H and O–H groups in total. The van der Waals surface area contributed by atoms with E-state index in [1.807, 2.05) is 0 Å². The molecule has 84 valence electrons. The highest BCUT2D eigenvalue weighted by molar-refractivity contribution is 9.10. The fraction of sp³-hybridized carbons (Fsp3) is 0.500. The van der Waals surface area contributed by atoms with E-state index < -0.39 is 0 Å². The molecule has 1 unspecified atom stereocenters. The quantitative estimate of drug-likeness (QED) is 0.863. The van der Waals surface area contributed by atoms with Gasteiger partial charge < -0.3 is 11.1 Å². The molecule has 0 aromatic heterocycles. The number of benzene rings is 1. The third-order valence-electron chi connectivity index (χ3n) is 2.54. The van der Waals surface area contributed by atoms with E-state index in [1.54, 1.807) is 0 Å². The molecule has 1 aromatic rings. The van der Waals surface area contributed by atoms with Crippen molar-refractivity contribution in [1.82, 2.24) is 0 Å². The first kappa shape index (κ1) is 12.5. The van der Waals surface area contributed by atoms with Crippen LogP contribution in [0.1, 0.15) is 18.9 Å². The molecule has 2 nitrogen and oxygen atoms in total. The van der Waals surface area contributed by atoms with Crippen LogP contribution in [0.4, 0.5) is 5.69 Å². The van der Waals surface area contributed by atoms with Crippen LogP contribution in [0, 0.1) is 12.8 Å². The molecule has 1 atom stereocenters. The highest BCUT2D eigenvalue weighted by Crippen LogP contribution is 2.20. The minimum Gasteiger partial charge on any atom is -0.385 e. The Balaban J connectivity index is 2.44. The molecule has 0 heterocycles. The second kappa shape index (κ2) is 6.13. The number of hydrogen-bond donors (Lipinski definition) is 2. The molecule has 0 radical (unpaired) electrons. The van der Waals surface area contributed by atoms with Crippen LogP contribution in [0.2, 0.25) is 0 Å². The van der Waals surface area contributed by atoms with E-state index in [9.17, 15) is 0 Å². The van der Waals surface area contributed by atoms with Crippen molar-refractivity contribution in [3.63, 3.8) is 0 Å². The van der Waals surface area contributed by atoms with Crippen molar-refractivity contribution in [3.8, 4) is 0 Å². The van der Waals surface area contributed by atoms with E-state index in [4.69, 9.17) is 5.73 Å². The zero-order chi connectivity index (χ0) is 11.3. The van der Waals surface area contributed by atoms with E-state index >= 15 is 0 Å². The zero-order valence-corrected chi connectivity index (χ0v) is 11.0. The van der Waals surface area contributed by atoms with Gasteiger partial charge in [0, 0.05) is 16.7 Å². The molecule has 15 heavy (non-hydrogen) atoms. The molecular weight excluding hydrogens is 252 g/mol. The Morgan fingerprint density at radius 1 is 1.47 bits per heavy atom. The van der Waals surface area contributed by atoms with Gasteiger partial charge in [0.25, 0.3) is 0 Å². The summed E-state index contributed by atoms with van der Waals surface area (Å²) in [5, 5.41) is 3.43.